The van der Waals surface area contributed by atoms with Gasteiger partial charge in [0.2, 0.25) is 5.95 Å². The van der Waals surface area contributed by atoms with Crippen LogP contribution < -0.4 is 5.32 Å². The fourth-order valence-corrected chi connectivity index (χ4v) is 3.48. The molecule has 1 N–H and O–H groups in total. The van der Waals surface area contributed by atoms with Crippen molar-refractivity contribution in [2.75, 3.05) is 25.0 Å². The number of likely N-dealkylation sites (tertiary alicyclic amines) is 1. The van der Waals surface area contributed by atoms with Crippen molar-refractivity contribution in [1.29, 1.82) is 0 Å². The van der Waals surface area contributed by atoms with Gasteiger partial charge in [-0.2, -0.15) is 0 Å². The number of nitrogens with zero attached hydrogens (tertiary/aromatic N) is 3. The lowest BCUT2D eigenvalue weighted by atomic mass is 9.90. The van der Waals surface area contributed by atoms with Crippen molar-refractivity contribution in [3.05, 3.63) is 18.5 Å². The van der Waals surface area contributed by atoms with E-state index in [2.05, 4.69) is 34.0 Å². The van der Waals surface area contributed by atoms with Crippen molar-refractivity contribution < 1.29 is 4.74 Å². The summed E-state index contributed by atoms with van der Waals surface area (Å²) in [6.45, 7) is 7.59. The smallest absolute Gasteiger partial charge is 0.222 e. The molecule has 3 rings (SSSR count). The number of aromatic nitrogens is 2. The van der Waals surface area contributed by atoms with Crippen molar-refractivity contribution in [3.63, 3.8) is 0 Å². The molecule has 0 aliphatic carbocycles. The van der Waals surface area contributed by atoms with Gasteiger partial charge in [0, 0.05) is 38.1 Å². The minimum atomic E-state index is 0.0897. The van der Waals surface area contributed by atoms with E-state index in [-0.39, 0.29) is 11.7 Å². The highest BCUT2D eigenvalue weighted by molar-refractivity contribution is 5.22. The van der Waals surface area contributed by atoms with Crippen LogP contribution in [0.25, 0.3) is 0 Å². The highest BCUT2D eigenvalue weighted by Gasteiger charge is 2.43. The molecule has 1 spiro atoms. The third kappa shape index (κ3) is 3.52. The second-order valence-electron chi connectivity index (χ2n) is 6.58. The van der Waals surface area contributed by atoms with Gasteiger partial charge >= 0.3 is 0 Å². The summed E-state index contributed by atoms with van der Waals surface area (Å²) in [5.74, 6) is 0.691. The molecular formula is C16H26N4O. The fraction of sp³-hybridized carbons (Fsp3) is 0.750. The predicted octanol–water partition coefficient (Wildman–Crippen LogP) is 2.31. The molecule has 2 atom stereocenters. The van der Waals surface area contributed by atoms with E-state index in [0.717, 1.165) is 19.5 Å². The average molecular weight is 290 g/mol. The molecule has 2 aliphatic heterocycles. The molecule has 21 heavy (non-hydrogen) atoms. The van der Waals surface area contributed by atoms with Crippen LogP contribution in [0.1, 0.15) is 39.5 Å². The number of rotatable bonds is 4. The van der Waals surface area contributed by atoms with Gasteiger partial charge in [-0.25, -0.2) is 9.97 Å². The Morgan fingerprint density at radius 3 is 2.90 bits per heavy atom. The second kappa shape index (κ2) is 6.28. The number of nitrogens with one attached hydrogen (secondary N) is 1. The van der Waals surface area contributed by atoms with Crippen LogP contribution in [0.4, 0.5) is 5.95 Å². The van der Waals surface area contributed by atoms with E-state index in [1.807, 2.05) is 6.07 Å². The van der Waals surface area contributed by atoms with E-state index in [4.69, 9.17) is 4.74 Å². The number of hydrogen-bond acceptors (Lipinski definition) is 5. The topological polar surface area (TPSA) is 50.3 Å². The lowest BCUT2D eigenvalue weighted by Crippen LogP contribution is -2.45. The van der Waals surface area contributed by atoms with Gasteiger partial charge in [-0.05, 0) is 45.6 Å². The van der Waals surface area contributed by atoms with Gasteiger partial charge in [-0.15, -0.1) is 0 Å². The van der Waals surface area contributed by atoms with Gasteiger partial charge in [0.15, 0.2) is 0 Å². The van der Waals surface area contributed by atoms with E-state index in [1.165, 1.54) is 25.8 Å². The summed E-state index contributed by atoms with van der Waals surface area (Å²) in [4.78, 5) is 10.9. The molecule has 0 amide bonds. The molecule has 5 heteroatoms. The van der Waals surface area contributed by atoms with Crippen LogP contribution in [-0.4, -0.2) is 52.2 Å². The number of hydrogen-bond donors (Lipinski definition) is 1. The zero-order valence-corrected chi connectivity index (χ0v) is 13.1. The van der Waals surface area contributed by atoms with E-state index in [9.17, 15) is 0 Å². The molecule has 0 saturated carbocycles. The monoisotopic (exact) mass is 290 g/mol. The maximum absolute atomic E-state index is 6.48. The minimum Gasteiger partial charge on any atom is -0.369 e. The Labute approximate surface area is 127 Å². The van der Waals surface area contributed by atoms with Gasteiger partial charge in [0.25, 0.3) is 0 Å². The Bertz CT molecular complexity index is 453. The second-order valence-corrected chi connectivity index (χ2v) is 6.58. The van der Waals surface area contributed by atoms with E-state index in [1.54, 1.807) is 12.4 Å². The lowest BCUT2D eigenvalue weighted by Gasteiger charge is -2.39. The zero-order chi connectivity index (χ0) is 14.7. The summed E-state index contributed by atoms with van der Waals surface area (Å²) in [5.41, 5.74) is 0.0897. The van der Waals surface area contributed by atoms with Crippen LogP contribution in [0.15, 0.2) is 18.5 Å². The number of ether oxygens (including phenoxy) is 1. The highest BCUT2D eigenvalue weighted by Crippen LogP contribution is 2.37. The van der Waals surface area contributed by atoms with Gasteiger partial charge in [-0.3, -0.25) is 4.90 Å². The molecule has 116 valence electrons. The minimum absolute atomic E-state index is 0.0897. The van der Waals surface area contributed by atoms with Gasteiger partial charge in [0.05, 0.1) is 11.7 Å². The van der Waals surface area contributed by atoms with Crippen molar-refractivity contribution in [1.82, 2.24) is 14.9 Å². The van der Waals surface area contributed by atoms with E-state index < -0.39 is 0 Å². The maximum Gasteiger partial charge on any atom is 0.222 e. The molecule has 0 bridgehead atoms. The van der Waals surface area contributed by atoms with Crippen LogP contribution in [0.3, 0.4) is 0 Å². The molecule has 0 aromatic carbocycles. The third-order valence-corrected chi connectivity index (χ3v) is 4.70. The standard InChI is InChI=1S/C16H26N4O/c1-13(2)20-10-7-16(12-20)6-3-5-14(21-16)11-19-15-17-8-4-9-18-15/h4,8-9,13-14H,3,5-7,10-12H2,1-2H3,(H,17,18,19)/t14-,16-/m1/s1. The van der Waals surface area contributed by atoms with Crippen LogP contribution >= 0.6 is 0 Å². The fourth-order valence-electron chi connectivity index (χ4n) is 3.48. The molecule has 3 heterocycles. The van der Waals surface area contributed by atoms with Crippen molar-refractivity contribution >= 4 is 5.95 Å². The maximum atomic E-state index is 6.48. The Morgan fingerprint density at radius 2 is 2.19 bits per heavy atom. The summed E-state index contributed by atoms with van der Waals surface area (Å²) in [5, 5.41) is 3.29. The van der Waals surface area contributed by atoms with Crippen LogP contribution in [0.2, 0.25) is 0 Å². The Balaban J connectivity index is 1.54. The van der Waals surface area contributed by atoms with E-state index >= 15 is 0 Å². The quantitative estimate of drug-likeness (QED) is 0.922. The predicted molar refractivity (Wildman–Crippen MR) is 83.3 cm³/mol. The average Bonchev–Trinajstić information content (AvgIpc) is 2.90. The van der Waals surface area contributed by atoms with Gasteiger partial charge in [0.1, 0.15) is 0 Å². The Hall–Kier alpha value is -1.20. The normalized spacial score (nSPS) is 30.1. The van der Waals surface area contributed by atoms with Crippen molar-refractivity contribution in [2.45, 2.75) is 57.3 Å². The molecule has 5 nitrogen and oxygen atoms in total. The summed E-state index contributed by atoms with van der Waals surface area (Å²) in [7, 11) is 0. The molecule has 1 aromatic heterocycles. The molecular weight excluding hydrogens is 264 g/mol. The van der Waals surface area contributed by atoms with Crippen molar-refractivity contribution in [3.8, 4) is 0 Å². The third-order valence-electron chi connectivity index (χ3n) is 4.70. The first-order valence-electron chi connectivity index (χ1n) is 8.10. The first-order chi connectivity index (χ1) is 10.2. The molecule has 0 radical (unpaired) electrons. The Kier molecular flexibility index (Phi) is 4.40. The lowest BCUT2D eigenvalue weighted by molar-refractivity contribution is -0.116. The first kappa shape index (κ1) is 14.7. The summed E-state index contributed by atoms with van der Waals surface area (Å²) in [6.07, 6.45) is 8.55. The summed E-state index contributed by atoms with van der Waals surface area (Å²) in [6, 6.07) is 2.44. The SMILES string of the molecule is CC(C)N1CC[C@]2(CCC[C@H](CNc3ncccn3)O2)C1. The number of anilines is 1. The molecule has 2 fully saturated rings. The van der Waals surface area contributed by atoms with Gasteiger partial charge in [-0.1, -0.05) is 0 Å². The summed E-state index contributed by atoms with van der Waals surface area (Å²) < 4.78 is 6.48. The largest absolute Gasteiger partial charge is 0.369 e. The zero-order valence-electron chi connectivity index (χ0n) is 13.1. The highest BCUT2D eigenvalue weighted by atomic mass is 16.5. The van der Waals surface area contributed by atoms with Crippen LogP contribution in [0, 0.1) is 0 Å². The summed E-state index contributed by atoms with van der Waals surface area (Å²) >= 11 is 0. The van der Waals surface area contributed by atoms with Crippen LogP contribution in [-0.2, 0) is 4.74 Å². The Morgan fingerprint density at radius 1 is 1.38 bits per heavy atom. The molecule has 2 aliphatic rings. The van der Waals surface area contributed by atoms with Crippen LogP contribution in [0.5, 0.6) is 0 Å². The van der Waals surface area contributed by atoms with Gasteiger partial charge < -0.3 is 10.1 Å². The molecule has 0 unspecified atom stereocenters. The van der Waals surface area contributed by atoms with E-state index in [0.29, 0.717) is 12.0 Å². The van der Waals surface area contributed by atoms with Crippen molar-refractivity contribution in [2.24, 2.45) is 0 Å². The molecule has 2 saturated heterocycles. The molecule has 1 aromatic rings. The first-order valence-corrected chi connectivity index (χ1v) is 8.10.